The first-order valence-corrected chi connectivity index (χ1v) is 4.94. The Morgan fingerprint density at radius 3 is 2.64 bits per heavy atom. The van der Waals surface area contributed by atoms with Gasteiger partial charge in [0.1, 0.15) is 0 Å². The minimum absolute atomic E-state index is 0.877. The minimum atomic E-state index is 0.877. The molecule has 0 radical (unpaired) electrons. The Labute approximate surface area is 70.4 Å². The number of rotatable bonds is 2. The highest BCUT2D eigenvalue weighted by atomic mass is 14.5. The highest BCUT2D eigenvalue weighted by Gasteiger charge is 2.24. The normalized spacial score (nSPS) is 39.0. The summed E-state index contributed by atoms with van der Waals surface area (Å²) in [6, 6.07) is 0. The Balaban J connectivity index is 2.34. The zero-order valence-corrected chi connectivity index (χ0v) is 7.84. The molecule has 66 valence electrons. The van der Waals surface area contributed by atoms with Crippen LogP contribution in [0.1, 0.15) is 39.5 Å². The largest absolute Gasteiger partial charge is 0.330 e. The van der Waals surface area contributed by atoms with Gasteiger partial charge >= 0.3 is 0 Å². The Bertz CT molecular complexity index is 111. The quantitative estimate of drug-likeness (QED) is 0.651. The maximum Gasteiger partial charge on any atom is -0.00745 e. The molecule has 0 aromatic carbocycles. The molecule has 0 spiro atoms. The fourth-order valence-corrected chi connectivity index (χ4v) is 2.27. The third-order valence-electron chi connectivity index (χ3n) is 3.16. The molecule has 0 bridgehead atoms. The van der Waals surface area contributed by atoms with Crippen molar-refractivity contribution in [1.29, 1.82) is 0 Å². The topological polar surface area (TPSA) is 26.0 Å². The van der Waals surface area contributed by atoms with Gasteiger partial charge in [-0.3, -0.25) is 0 Å². The van der Waals surface area contributed by atoms with Gasteiger partial charge in [-0.2, -0.15) is 0 Å². The molecule has 1 saturated carbocycles. The lowest BCUT2D eigenvalue weighted by Gasteiger charge is -2.32. The number of nitrogens with two attached hydrogens (primary N) is 1. The van der Waals surface area contributed by atoms with Crippen molar-refractivity contribution in [1.82, 2.24) is 0 Å². The van der Waals surface area contributed by atoms with Crippen LogP contribution in [0.3, 0.4) is 0 Å². The number of hydrogen-bond donors (Lipinski definition) is 1. The summed E-state index contributed by atoms with van der Waals surface area (Å²) in [6.07, 6.45) is 5.51. The van der Waals surface area contributed by atoms with Crippen LogP contribution in [-0.4, -0.2) is 6.54 Å². The zero-order chi connectivity index (χ0) is 8.27. The fourth-order valence-electron chi connectivity index (χ4n) is 2.27. The van der Waals surface area contributed by atoms with E-state index in [-0.39, 0.29) is 0 Å². The average molecular weight is 155 g/mol. The van der Waals surface area contributed by atoms with Crippen molar-refractivity contribution < 1.29 is 0 Å². The van der Waals surface area contributed by atoms with E-state index in [0.717, 1.165) is 24.3 Å². The van der Waals surface area contributed by atoms with E-state index in [9.17, 15) is 0 Å². The van der Waals surface area contributed by atoms with Gasteiger partial charge in [0, 0.05) is 0 Å². The molecule has 2 N–H and O–H groups in total. The van der Waals surface area contributed by atoms with Gasteiger partial charge in [0.2, 0.25) is 0 Å². The molecule has 0 aromatic rings. The molecule has 0 heterocycles. The highest BCUT2D eigenvalue weighted by Crippen LogP contribution is 2.34. The molecule has 1 nitrogen and oxygen atoms in total. The Kier molecular flexibility index (Phi) is 3.38. The molecule has 1 heteroatoms. The summed E-state index contributed by atoms with van der Waals surface area (Å²) < 4.78 is 0. The molecule has 1 aliphatic rings. The Morgan fingerprint density at radius 1 is 1.27 bits per heavy atom. The molecule has 3 unspecified atom stereocenters. The third-order valence-corrected chi connectivity index (χ3v) is 3.16. The summed E-state index contributed by atoms with van der Waals surface area (Å²) in [5.41, 5.74) is 5.57. The summed E-state index contributed by atoms with van der Waals surface area (Å²) in [5, 5.41) is 0. The first kappa shape index (κ1) is 9.05. The SMILES string of the molecule is CC1CCC(C)C(CCN)C1. The van der Waals surface area contributed by atoms with Crippen molar-refractivity contribution in [2.45, 2.75) is 39.5 Å². The van der Waals surface area contributed by atoms with Crippen LogP contribution in [0.4, 0.5) is 0 Å². The lowest BCUT2D eigenvalue weighted by Crippen LogP contribution is -2.23. The van der Waals surface area contributed by atoms with Gasteiger partial charge in [0.05, 0.1) is 0 Å². The van der Waals surface area contributed by atoms with Crippen molar-refractivity contribution in [2.24, 2.45) is 23.5 Å². The molecule has 3 atom stereocenters. The molecule has 1 aliphatic carbocycles. The maximum absolute atomic E-state index is 5.57. The molecule has 0 aromatic heterocycles. The van der Waals surface area contributed by atoms with Crippen LogP contribution in [-0.2, 0) is 0 Å². The average Bonchev–Trinajstić information content (AvgIpc) is 1.98. The van der Waals surface area contributed by atoms with E-state index in [2.05, 4.69) is 13.8 Å². The van der Waals surface area contributed by atoms with Crippen LogP contribution in [0, 0.1) is 17.8 Å². The van der Waals surface area contributed by atoms with E-state index in [4.69, 9.17) is 5.73 Å². The summed E-state index contributed by atoms with van der Waals surface area (Å²) in [7, 11) is 0. The first-order chi connectivity index (χ1) is 5.24. The maximum atomic E-state index is 5.57. The van der Waals surface area contributed by atoms with Crippen LogP contribution in [0.15, 0.2) is 0 Å². The van der Waals surface area contributed by atoms with Crippen LogP contribution in [0.2, 0.25) is 0 Å². The molecular weight excluding hydrogens is 134 g/mol. The molecule has 1 fully saturated rings. The summed E-state index contributed by atoms with van der Waals surface area (Å²) in [4.78, 5) is 0. The van der Waals surface area contributed by atoms with E-state index in [0.29, 0.717) is 0 Å². The van der Waals surface area contributed by atoms with Gasteiger partial charge in [0.15, 0.2) is 0 Å². The number of hydrogen-bond acceptors (Lipinski definition) is 1. The molecule has 0 saturated heterocycles. The molecule has 11 heavy (non-hydrogen) atoms. The van der Waals surface area contributed by atoms with Crippen molar-refractivity contribution >= 4 is 0 Å². The summed E-state index contributed by atoms with van der Waals surface area (Å²) in [5.74, 6) is 2.79. The van der Waals surface area contributed by atoms with Crippen molar-refractivity contribution in [3.8, 4) is 0 Å². The van der Waals surface area contributed by atoms with Crippen LogP contribution in [0.25, 0.3) is 0 Å². The van der Waals surface area contributed by atoms with Gasteiger partial charge in [-0.15, -0.1) is 0 Å². The second-order valence-corrected chi connectivity index (χ2v) is 4.23. The standard InChI is InChI=1S/C10H21N/c1-8-3-4-9(2)10(7-8)5-6-11/h8-10H,3-7,11H2,1-2H3. The monoisotopic (exact) mass is 155 g/mol. The fraction of sp³-hybridized carbons (Fsp3) is 1.00. The van der Waals surface area contributed by atoms with Crippen molar-refractivity contribution in [3.05, 3.63) is 0 Å². The van der Waals surface area contributed by atoms with Crippen LogP contribution in [0.5, 0.6) is 0 Å². The lowest BCUT2D eigenvalue weighted by atomic mass is 9.74. The van der Waals surface area contributed by atoms with E-state index in [1.165, 1.54) is 25.7 Å². The molecular formula is C10H21N. The van der Waals surface area contributed by atoms with E-state index >= 15 is 0 Å². The van der Waals surface area contributed by atoms with Crippen molar-refractivity contribution in [3.63, 3.8) is 0 Å². The van der Waals surface area contributed by atoms with Crippen molar-refractivity contribution in [2.75, 3.05) is 6.54 Å². The second-order valence-electron chi connectivity index (χ2n) is 4.23. The smallest absolute Gasteiger partial charge is 0.00745 e. The van der Waals surface area contributed by atoms with Gasteiger partial charge in [-0.1, -0.05) is 26.7 Å². The van der Waals surface area contributed by atoms with Gasteiger partial charge < -0.3 is 5.73 Å². The van der Waals surface area contributed by atoms with E-state index in [1.807, 2.05) is 0 Å². The first-order valence-electron chi connectivity index (χ1n) is 4.94. The highest BCUT2D eigenvalue weighted by molar-refractivity contribution is 4.75. The lowest BCUT2D eigenvalue weighted by molar-refractivity contribution is 0.195. The van der Waals surface area contributed by atoms with Gasteiger partial charge in [-0.05, 0) is 37.1 Å². The molecule has 0 aliphatic heterocycles. The summed E-state index contributed by atoms with van der Waals surface area (Å²) in [6.45, 7) is 5.63. The van der Waals surface area contributed by atoms with Gasteiger partial charge in [0.25, 0.3) is 0 Å². The van der Waals surface area contributed by atoms with Gasteiger partial charge in [-0.25, -0.2) is 0 Å². The molecule has 1 rings (SSSR count). The summed E-state index contributed by atoms with van der Waals surface area (Å²) >= 11 is 0. The third kappa shape index (κ3) is 2.48. The van der Waals surface area contributed by atoms with Crippen LogP contribution >= 0.6 is 0 Å². The zero-order valence-electron chi connectivity index (χ0n) is 7.84. The van der Waals surface area contributed by atoms with E-state index in [1.54, 1.807) is 0 Å². The second kappa shape index (κ2) is 4.10. The minimum Gasteiger partial charge on any atom is -0.330 e. The Morgan fingerprint density at radius 2 is 2.00 bits per heavy atom. The predicted molar refractivity (Wildman–Crippen MR) is 49.3 cm³/mol. The Hall–Kier alpha value is -0.0400. The van der Waals surface area contributed by atoms with E-state index < -0.39 is 0 Å². The van der Waals surface area contributed by atoms with Crippen LogP contribution < -0.4 is 5.73 Å². The predicted octanol–water partition coefficient (Wildman–Crippen LogP) is 2.41. The molecule has 0 amide bonds.